The van der Waals surface area contributed by atoms with Gasteiger partial charge in [-0.25, -0.2) is 0 Å². The van der Waals surface area contributed by atoms with Crippen molar-refractivity contribution in [1.82, 2.24) is 15.2 Å². The summed E-state index contributed by atoms with van der Waals surface area (Å²) in [6.07, 6.45) is 3.06. The molecular formula is C13H21Cl2N3O. The number of nitrogens with zero attached hydrogens (tertiary/aromatic N) is 2. The van der Waals surface area contributed by atoms with E-state index >= 15 is 0 Å². The third-order valence-electron chi connectivity index (χ3n) is 3.14. The highest BCUT2D eigenvalue weighted by atomic mass is 35.5. The van der Waals surface area contributed by atoms with Crippen molar-refractivity contribution < 1.29 is 4.79 Å². The van der Waals surface area contributed by atoms with E-state index in [1.165, 1.54) is 0 Å². The van der Waals surface area contributed by atoms with E-state index in [9.17, 15) is 4.79 Å². The molecule has 1 aliphatic rings. The van der Waals surface area contributed by atoms with E-state index in [0.29, 0.717) is 12.5 Å². The van der Waals surface area contributed by atoms with Crippen LogP contribution >= 0.6 is 24.8 Å². The standard InChI is InChI=1S/C13H19N3O.2ClH/c1-11-10-14-8-9-16(11)13(17)6-5-12-4-2-3-7-15-12;;/h2-4,7,11,14H,5-6,8-10H2,1H3;2*1H/t11-;;/m1../s1. The summed E-state index contributed by atoms with van der Waals surface area (Å²) < 4.78 is 0. The lowest BCUT2D eigenvalue weighted by Gasteiger charge is -2.34. The molecule has 2 rings (SSSR count). The Morgan fingerprint density at radius 3 is 2.89 bits per heavy atom. The fourth-order valence-corrected chi connectivity index (χ4v) is 2.14. The van der Waals surface area contributed by atoms with Crippen molar-refractivity contribution in [2.75, 3.05) is 19.6 Å². The van der Waals surface area contributed by atoms with Gasteiger partial charge in [-0.3, -0.25) is 9.78 Å². The quantitative estimate of drug-likeness (QED) is 0.924. The van der Waals surface area contributed by atoms with Gasteiger partial charge in [0, 0.05) is 44.0 Å². The number of halogens is 2. The van der Waals surface area contributed by atoms with Crippen LogP contribution in [0.5, 0.6) is 0 Å². The van der Waals surface area contributed by atoms with Crippen molar-refractivity contribution >= 4 is 30.7 Å². The van der Waals surface area contributed by atoms with Gasteiger partial charge in [0.15, 0.2) is 0 Å². The summed E-state index contributed by atoms with van der Waals surface area (Å²) in [5.41, 5.74) is 0.989. The molecule has 1 amide bonds. The highest BCUT2D eigenvalue weighted by Gasteiger charge is 2.22. The molecule has 1 aliphatic heterocycles. The maximum Gasteiger partial charge on any atom is 0.223 e. The van der Waals surface area contributed by atoms with Gasteiger partial charge in [-0.2, -0.15) is 0 Å². The summed E-state index contributed by atoms with van der Waals surface area (Å²) >= 11 is 0. The van der Waals surface area contributed by atoms with E-state index in [1.54, 1.807) is 6.20 Å². The number of carbonyl (C=O) groups is 1. The first-order chi connectivity index (χ1) is 8.27. The van der Waals surface area contributed by atoms with Gasteiger partial charge in [0.05, 0.1) is 0 Å². The van der Waals surface area contributed by atoms with E-state index in [0.717, 1.165) is 31.7 Å². The van der Waals surface area contributed by atoms with Gasteiger partial charge < -0.3 is 10.2 Å². The smallest absolute Gasteiger partial charge is 0.223 e. The predicted octanol–water partition coefficient (Wildman–Crippen LogP) is 1.68. The molecule has 19 heavy (non-hydrogen) atoms. The molecule has 1 saturated heterocycles. The summed E-state index contributed by atoms with van der Waals surface area (Å²) in [7, 11) is 0. The number of piperazine rings is 1. The van der Waals surface area contributed by atoms with Crippen LogP contribution in [0.1, 0.15) is 19.0 Å². The Morgan fingerprint density at radius 1 is 1.47 bits per heavy atom. The van der Waals surface area contributed by atoms with Crippen LogP contribution in [0.15, 0.2) is 24.4 Å². The third-order valence-corrected chi connectivity index (χ3v) is 3.14. The van der Waals surface area contributed by atoms with Crippen molar-refractivity contribution in [3.05, 3.63) is 30.1 Å². The molecule has 0 saturated carbocycles. The first kappa shape index (κ1) is 18.2. The highest BCUT2D eigenvalue weighted by Crippen LogP contribution is 2.07. The molecule has 0 aliphatic carbocycles. The van der Waals surface area contributed by atoms with Gasteiger partial charge in [0.2, 0.25) is 5.91 Å². The Labute approximate surface area is 126 Å². The van der Waals surface area contributed by atoms with Crippen LogP contribution in [0, 0.1) is 0 Å². The number of rotatable bonds is 3. The summed E-state index contributed by atoms with van der Waals surface area (Å²) in [6.45, 7) is 4.71. The summed E-state index contributed by atoms with van der Waals surface area (Å²) in [5.74, 6) is 0.240. The van der Waals surface area contributed by atoms with Gasteiger partial charge in [-0.05, 0) is 25.5 Å². The minimum Gasteiger partial charge on any atom is -0.337 e. The fourth-order valence-electron chi connectivity index (χ4n) is 2.14. The molecule has 6 heteroatoms. The zero-order valence-electron chi connectivity index (χ0n) is 11.0. The summed E-state index contributed by atoms with van der Waals surface area (Å²) in [4.78, 5) is 18.3. The number of aryl methyl sites for hydroxylation is 1. The Balaban J connectivity index is 0.00000162. The van der Waals surface area contributed by atoms with E-state index in [2.05, 4.69) is 17.2 Å². The molecule has 2 heterocycles. The van der Waals surface area contributed by atoms with Gasteiger partial charge in [-0.15, -0.1) is 24.8 Å². The minimum atomic E-state index is 0. The molecule has 0 aromatic carbocycles. The second-order valence-corrected chi connectivity index (χ2v) is 4.46. The number of hydrogen-bond acceptors (Lipinski definition) is 3. The fraction of sp³-hybridized carbons (Fsp3) is 0.538. The van der Waals surface area contributed by atoms with Crippen LogP contribution in [0.2, 0.25) is 0 Å². The van der Waals surface area contributed by atoms with Gasteiger partial charge in [0.1, 0.15) is 0 Å². The largest absolute Gasteiger partial charge is 0.337 e. The number of carbonyl (C=O) groups excluding carboxylic acids is 1. The van der Waals surface area contributed by atoms with Crippen LogP contribution in [-0.2, 0) is 11.2 Å². The second kappa shape index (κ2) is 9.13. The molecule has 1 atom stereocenters. The topological polar surface area (TPSA) is 45.2 Å². The molecule has 108 valence electrons. The monoisotopic (exact) mass is 305 g/mol. The van der Waals surface area contributed by atoms with E-state index in [1.807, 2.05) is 23.1 Å². The third kappa shape index (κ3) is 5.35. The number of nitrogens with one attached hydrogen (secondary N) is 1. The lowest BCUT2D eigenvalue weighted by atomic mass is 10.1. The maximum atomic E-state index is 12.1. The number of hydrogen-bond donors (Lipinski definition) is 1. The molecule has 0 spiro atoms. The number of pyridine rings is 1. The van der Waals surface area contributed by atoms with Gasteiger partial charge in [0.25, 0.3) is 0 Å². The predicted molar refractivity (Wildman–Crippen MR) is 81.1 cm³/mol. The Bertz CT molecular complexity index is 375. The molecule has 1 N–H and O–H groups in total. The molecule has 0 bridgehead atoms. The van der Waals surface area contributed by atoms with Gasteiger partial charge in [-0.1, -0.05) is 6.07 Å². The average molecular weight is 306 g/mol. The molecular weight excluding hydrogens is 285 g/mol. The maximum absolute atomic E-state index is 12.1. The molecule has 1 fully saturated rings. The Hall–Kier alpha value is -0.840. The van der Waals surface area contributed by atoms with Crippen molar-refractivity contribution in [3.8, 4) is 0 Å². The lowest BCUT2D eigenvalue weighted by Crippen LogP contribution is -2.52. The Kier molecular flexibility index (Phi) is 8.72. The minimum absolute atomic E-state index is 0. The van der Waals surface area contributed by atoms with Crippen molar-refractivity contribution in [1.29, 1.82) is 0 Å². The zero-order chi connectivity index (χ0) is 12.1. The molecule has 0 unspecified atom stereocenters. The lowest BCUT2D eigenvalue weighted by molar-refractivity contribution is -0.133. The van der Waals surface area contributed by atoms with E-state index in [4.69, 9.17) is 0 Å². The first-order valence-electron chi connectivity index (χ1n) is 6.17. The van der Waals surface area contributed by atoms with Crippen LogP contribution < -0.4 is 5.32 Å². The zero-order valence-corrected chi connectivity index (χ0v) is 12.7. The van der Waals surface area contributed by atoms with Crippen LogP contribution in [0.4, 0.5) is 0 Å². The van der Waals surface area contributed by atoms with Crippen LogP contribution in [0.25, 0.3) is 0 Å². The average Bonchev–Trinajstić information content (AvgIpc) is 2.38. The van der Waals surface area contributed by atoms with Crippen molar-refractivity contribution in [3.63, 3.8) is 0 Å². The summed E-state index contributed by atoms with van der Waals surface area (Å²) in [6, 6.07) is 6.12. The highest BCUT2D eigenvalue weighted by molar-refractivity contribution is 5.85. The van der Waals surface area contributed by atoms with E-state index in [-0.39, 0.29) is 30.7 Å². The molecule has 1 aromatic heterocycles. The van der Waals surface area contributed by atoms with Crippen molar-refractivity contribution in [2.24, 2.45) is 0 Å². The van der Waals surface area contributed by atoms with Crippen molar-refractivity contribution in [2.45, 2.75) is 25.8 Å². The Morgan fingerprint density at radius 2 is 2.26 bits per heavy atom. The normalized spacial score (nSPS) is 18.2. The SMILES string of the molecule is C[C@@H]1CNCCN1C(=O)CCc1ccccn1.Cl.Cl. The number of amides is 1. The number of aromatic nitrogens is 1. The molecule has 1 aromatic rings. The molecule has 0 radical (unpaired) electrons. The van der Waals surface area contributed by atoms with Crippen LogP contribution in [-0.4, -0.2) is 41.5 Å². The van der Waals surface area contributed by atoms with Gasteiger partial charge >= 0.3 is 0 Å². The first-order valence-corrected chi connectivity index (χ1v) is 6.17. The molecule has 4 nitrogen and oxygen atoms in total. The van der Waals surface area contributed by atoms with Crippen LogP contribution in [0.3, 0.4) is 0 Å². The summed E-state index contributed by atoms with van der Waals surface area (Å²) in [5, 5.41) is 3.29. The second-order valence-electron chi connectivity index (χ2n) is 4.46. The van der Waals surface area contributed by atoms with E-state index < -0.39 is 0 Å².